The number of guanidine groups is 1. The van der Waals surface area contributed by atoms with Gasteiger partial charge in [0.25, 0.3) is 0 Å². The van der Waals surface area contributed by atoms with Crippen LogP contribution in [0.15, 0.2) is 34.2 Å². The molecule has 8 heteroatoms. The van der Waals surface area contributed by atoms with Gasteiger partial charge in [0.15, 0.2) is 5.96 Å². The molecule has 1 heterocycles. The Labute approximate surface area is 162 Å². The molecule has 0 amide bonds. The second-order valence-electron chi connectivity index (χ2n) is 7.32. The third-order valence-electron chi connectivity index (χ3n) is 4.80. The molecule has 0 spiro atoms. The van der Waals surface area contributed by atoms with Gasteiger partial charge in [0, 0.05) is 38.7 Å². The molecule has 3 rings (SSSR count). The number of nitrogens with zero attached hydrogens (tertiary/aromatic N) is 2. The monoisotopic (exact) mass is 394 g/mol. The summed E-state index contributed by atoms with van der Waals surface area (Å²) in [6.45, 7) is 5.93. The quantitative estimate of drug-likeness (QED) is 0.516. The number of ether oxygens (including phenoxy) is 1. The van der Waals surface area contributed by atoms with E-state index in [0.29, 0.717) is 17.4 Å². The van der Waals surface area contributed by atoms with Crippen LogP contribution in [0.5, 0.6) is 0 Å². The van der Waals surface area contributed by atoms with Crippen LogP contribution in [0.25, 0.3) is 0 Å². The maximum Gasteiger partial charge on any atom is 0.240 e. The van der Waals surface area contributed by atoms with Crippen LogP contribution in [0, 0.1) is 5.92 Å². The fourth-order valence-corrected chi connectivity index (χ4v) is 4.40. The summed E-state index contributed by atoms with van der Waals surface area (Å²) in [6.07, 6.45) is 2.95. The molecule has 2 fully saturated rings. The lowest BCUT2D eigenvalue weighted by atomic mass is 10.1. The second-order valence-corrected chi connectivity index (χ2v) is 9.03. The molecule has 7 nitrogen and oxygen atoms in total. The van der Waals surface area contributed by atoms with Gasteiger partial charge in [-0.2, -0.15) is 0 Å². The van der Waals surface area contributed by atoms with E-state index < -0.39 is 10.0 Å². The number of hydrogen-bond acceptors (Lipinski definition) is 4. The van der Waals surface area contributed by atoms with Crippen molar-refractivity contribution in [3.63, 3.8) is 0 Å². The summed E-state index contributed by atoms with van der Waals surface area (Å²) >= 11 is 0. The normalized spacial score (nSPS) is 20.7. The lowest BCUT2D eigenvalue weighted by molar-refractivity contribution is 0.181. The molecule has 0 bridgehead atoms. The average Bonchev–Trinajstić information content (AvgIpc) is 3.29. The molecule has 1 saturated heterocycles. The Morgan fingerprint density at radius 2 is 2.00 bits per heavy atom. The van der Waals surface area contributed by atoms with Crippen molar-refractivity contribution in [2.45, 2.75) is 43.7 Å². The third kappa shape index (κ3) is 5.92. The molecule has 0 aromatic heterocycles. The topological polar surface area (TPSA) is 83.0 Å². The molecule has 1 unspecified atom stereocenters. The molecule has 2 N–H and O–H groups in total. The Kier molecular flexibility index (Phi) is 6.73. The predicted molar refractivity (Wildman–Crippen MR) is 106 cm³/mol. The maximum absolute atomic E-state index is 12.2. The van der Waals surface area contributed by atoms with Gasteiger partial charge in [-0.15, -0.1) is 0 Å². The van der Waals surface area contributed by atoms with Crippen molar-refractivity contribution in [2.75, 3.05) is 33.4 Å². The molecule has 1 aromatic carbocycles. The first kappa shape index (κ1) is 20.1. The van der Waals surface area contributed by atoms with Gasteiger partial charge < -0.3 is 15.0 Å². The van der Waals surface area contributed by atoms with E-state index in [0.717, 1.165) is 57.1 Å². The zero-order chi connectivity index (χ0) is 19.3. The minimum Gasteiger partial charge on any atom is -0.381 e. The number of nitrogens with one attached hydrogen (secondary N) is 2. The Morgan fingerprint density at radius 1 is 1.26 bits per heavy atom. The van der Waals surface area contributed by atoms with Crippen LogP contribution in [0.1, 0.15) is 31.7 Å². The summed E-state index contributed by atoms with van der Waals surface area (Å²) in [5.74, 6) is 1.40. The van der Waals surface area contributed by atoms with Crippen LogP contribution in [0.4, 0.5) is 0 Å². The fourth-order valence-electron chi connectivity index (χ4n) is 3.10. The van der Waals surface area contributed by atoms with Gasteiger partial charge in [-0.1, -0.05) is 12.1 Å². The van der Waals surface area contributed by atoms with Crippen LogP contribution in [-0.2, 0) is 21.3 Å². The maximum atomic E-state index is 12.2. The molecule has 150 valence electrons. The molecule has 1 aromatic rings. The minimum absolute atomic E-state index is 0.114. The van der Waals surface area contributed by atoms with Gasteiger partial charge in [0.1, 0.15) is 0 Å². The van der Waals surface area contributed by atoms with Crippen molar-refractivity contribution >= 4 is 16.0 Å². The fraction of sp³-hybridized carbons (Fsp3) is 0.632. The third-order valence-corrected chi connectivity index (χ3v) is 6.33. The summed E-state index contributed by atoms with van der Waals surface area (Å²) in [4.78, 5) is 7.15. The molecular formula is C19H30N4O3S. The summed E-state index contributed by atoms with van der Waals surface area (Å²) < 4.78 is 32.6. The Hall–Kier alpha value is -1.64. The molecule has 2 aliphatic rings. The highest BCUT2D eigenvalue weighted by Crippen LogP contribution is 2.22. The van der Waals surface area contributed by atoms with Crippen LogP contribution < -0.4 is 10.0 Å². The molecular weight excluding hydrogens is 364 g/mol. The number of benzene rings is 1. The number of sulfonamides is 1. The molecule has 0 radical (unpaired) electrons. The second kappa shape index (κ2) is 9.03. The van der Waals surface area contributed by atoms with E-state index in [4.69, 9.17) is 9.73 Å². The van der Waals surface area contributed by atoms with E-state index in [1.54, 1.807) is 12.1 Å². The molecule has 1 saturated carbocycles. The summed E-state index contributed by atoms with van der Waals surface area (Å²) in [7, 11) is -1.36. The molecule has 1 atom stereocenters. The zero-order valence-electron chi connectivity index (χ0n) is 16.1. The number of rotatable bonds is 8. The first-order chi connectivity index (χ1) is 13.0. The standard InChI is InChI=1S/C19H30N4O3S/c1-3-20-19(23(2)13-16-10-11-26-14-16)21-12-15-4-8-18(9-5-15)27(24,25)22-17-6-7-17/h4-5,8-9,16-17,22H,3,6-7,10-14H2,1-2H3,(H,20,21). The Bertz CT molecular complexity index is 739. The highest BCUT2D eigenvalue weighted by Gasteiger charge is 2.27. The van der Waals surface area contributed by atoms with Gasteiger partial charge in [0.2, 0.25) is 10.0 Å². The Morgan fingerprint density at radius 3 is 2.59 bits per heavy atom. The molecule has 27 heavy (non-hydrogen) atoms. The highest BCUT2D eigenvalue weighted by atomic mass is 32.2. The van der Waals surface area contributed by atoms with E-state index in [9.17, 15) is 8.42 Å². The predicted octanol–water partition coefficient (Wildman–Crippen LogP) is 1.56. The van der Waals surface area contributed by atoms with Gasteiger partial charge in [-0.3, -0.25) is 0 Å². The Balaban J connectivity index is 1.61. The van der Waals surface area contributed by atoms with Gasteiger partial charge in [0.05, 0.1) is 18.0 Å². The summed E-state index contributed by atoms with van der Waals surface area (Å²) in [5.41, 5.74) is 0.980. The zero-order valence-corrected chi connectivity index (χ0v) is 17.0. The van der Waals surface area contributed by atoms with Crippen molar-refractivity contribution in [3.05, 3.63) is 29.8 Å². The number of hydrogen-bond donors (Lipinski definition) is 2. The summed E-state index contributed by atoms with van der Waals surface area (Å²) in [5, 5.41) is 3.32. The SMILES string of the molecule is CCNC(=NCc1ccc(S(=O)(=O)NC2CC2)cc1)N(C)CC1CCOC1. The minimum atomic E-state index is -3.40. The van der Waals surface area contributed by atoms with Crippen LogP contribution in [0.2, 0.25) is 0 Å². The van der Waals surface area contributed by atoms with Crippen LogP contribution in [0.3, 0.4) is 0 Å². The van der Waals surface area contributed by atoms with Gasteiger partial charge in [-0.25, -0.2) is 18.1 Å². The lowest BCUT2D eigenvalue weighted by Crippen LogP contribution is -2.41. The van der Waals surface area contributed by atoms with Gasteiger partial charge in [-0.05, 0) is 43.9 Å². The highest BCUT2D eigenvalue weighted by molar-refractivity contribution is 7.89. The average molecular weight is 395 g/mol. The first-order valence-electron chi connectivity index (χ1n) is 9.66. The van der Waals surface area contributed by atoms with E-state index in [-0.39, 0.29) is 6.04 Å². The van der Waals surface area contributed by atoms with Gasteiger partial charge >= 0.3 is 0 Å². The summed E-state index contributed by atoms with van der Waals surface area (Å²) in [6, 6.07) is 7.09. The van der Waals surface area contributed by atoms with E-state index >= 15 is 0 Å². The van der Waals surface area contributed by atoms with E-state index in [1.807, 2.05) is 19.2 Å². The smallest absolute Gasteiger partial charge is 0.240 e. The van der Waals surface area contributed by atoms with E-state index in [2.05, 4.69) is 21.9 Å². The van der Waals surface area contributed by atoms with Crippen LogP contribution >= 0.6 is 0 Å². The van der Waals surface area contributed by atoms with Crippen molar-refractivity contribution in [1.29, 1.82) is 0 Å². The largest absolute Gasteiger partial charge is 0.381 e. The molecule has 1 aliphatic carbocycles. The first-order valence-corrected chi connectivity index (χ1v) is 11.1. The van der Waals surface area contributed by atoms with Crippen molar-refractivity contribution in [3.8, 4) is 0 Å². The lowest BCUT2D eigenvalue weighted by Gasteiger charge is -2.24. The number of aliphatic imine (C=N–C) groups is 1. The van der Waals surface area contributed by atoms with E-state index in [1.165, 1.54) is 0 Å². The van der Waals surface area contributed by atoms with Crippen molar-refractivity contribution in [2.24, 2.45) is 10.9 Å². The van der Waals surface area contributed by atoms with Crippen molar-refractivity contribution < 1.29 is 13.2 Å². The van der Waals surface area contributed by atoms with Crippen molar-refractivity contribution in [1.82, 2.24) is 14.9 Å². The van der Waals surface area contributed by atoms with Crippen LogP contribution in [-0.4, -0.2) is 58.7 Å². The molecule has 1 aliphatic heterocycles.